The summed E-state index contributed by atoms with van der Waals surface area (Å²) in [6.45, 7) is 1.09. The van der Waals surface area contributed by atoms with E-state index >= 15 is 0 Å². The van der Waals surface area contributed by atoms with E-state index in [4.69, 9.17) is 0 Å². The van der Waals surface area contributed by atoms with E-state index in [1.807, 2.05) is 11.9 Å². The molecule has 0 unspecified atom stereocenters. The summed E-state index contributed by atoms with van der Waals surface area (Å²) in [5.41, 5.74) is 2.83. The van der Waals surface area contributed by atoms with E-state index in [9.17, 15) is 0 Å². The zero-order chi connectivity index (χ0) is 13.4. The van der Waals surface area contributed by atoms with Crippen LogP contribution >= 0.6 is 11.9 Å². The second-order valence-corrected chi connectivity index (χ2v) is 6.18. The Morgan fingerprint density at radius 2 is 1.60 bits per heavy atom. The lowest BCUT2D eigenvalue weighted by atomic mass is 10.1. The van der Waals surface area contributed by atoms with Crippen LogP contribution in [-0.4, -0.2) is 6.54 Å². The van der Waals surface area contributed by atoms with Gasteiger partial charge in [0.15, 0.2) is 0 Å². The molecule has 0 aromatic heterocycles. The van der Waals surface area contributed by atoms with Crippen molar-refractivity contribution in [3.05, 3.63) is 72.3 Å². The van der Waals surface area contributed by atoms with E-state index in [1.165, 1.54) is 26.9 Å². The zero-order valence-electron chi connectivity index (χ0n) is 11.1. The second kappa shape index (κ2) is 4.88. The Morgan fingerprint density at radius 3 is 2.55 bits per heavy atom. The molecule has 20 heavy (non-hydrogen) atoms. The molecule has 0 saturated carbocycles. The van der Waals surface area contributed by atoms with Crippen LogP contribution in [0, 0.1) is 0 Å². The summed E-state index contributed by atoms with van der Waals surface area (Å²) in [5.74, 6) is 0. The van der Waals surface area contributed by atoms with Crippen molar-refractivity contribution < 1.29 is 0 Å². The van der Waals surface area contributed by atoms with E-state index in [0.29, 0.717) is 0 Å². The predicted octanol–water partition coefficient (Wildman–Crippen LogP) is 4.91. The first-order chi connectivity index (χ1) is 9.90. The van der Waals surface area contributed by atoms with Crippen LogP contribution in [0.4, 0.5) is 5.69 Å². The van der Waals surface area contributed by atoms with Gasteiger partial charge in [0.25, 0.3) is 0 Å². The van der Waals surface area contributed by atoms with E-state index in [1.54, 1.807) is 0 Å². The second-order valence-electron chi connectivity index (χ2n) is 5.08. The van der Waals surface area contributed by atoms with Crippen LogP contribution < -0.4 is 4.31 Å². The first-order valence-electron chi connectivity index (χ1n) is 6.92. The van der Waals surface area contributed by atoms with Crippen molar-refractivity contribution in [3.63, 3.8) is 0 Å². The summed E-state index contributed by atoms with van der Waals surface area (Å²) in [4.78, 5) is 1.31. The van der Waals surface area contributed by atoms with E-state index in [2.05, 4.69) is 71.0 Å². The molecule has 0 amide bonds. The molecule has 1 heterocycles. The molecule has 4 rings (SSSR count). The summed E-state index contributed by atoms with van der Waals surface area (Å²) >= 11 is 1.84. The smallest absolute Gasteiger partial charge is 0.0505 e. The van der Waals surface area contributed by atoms with Gasteiger partial charge in [0.1, 0.15) is 0 Å². The number of benzene rings is 3. The highest BCUT2D eigenvalue weighted by atomic mass is 32.2. The summed E-state index contributed by atoms with van der Waals surface area (Å²) in [5, 5.41) is 2.61. The summed E-state index contributed by atoms with van der Waals surface area (Å²) in [6.07, 6.45) is 1.15. The average molecular weight is 277 g/mol. The van der Waals surface area contributed by atoms with E-state index in [0.717, 1.165) is 13.0 Å². The quantitative estimate of drug-likeness (QED) is 0.612. The minimum absolute atomic E-state index is 1.09. The number of nitrogens with zero attached hydrogens (tertiary/aromatic N) is 1. The fourth-order valence-electron chi connectivity index (χ4n) is 2.75. The Balaban J connectivity index is 1.65. The molecule has 1 aliphatic heterocycles. The lowest BCUT2D eigenvalue weighted by Gasteiger charge is -2.17. The lowest BCUT2D eigenvalue weighted by Crippen LogP contribution is -2.09. The maximum Gasteiger partial charge on any atom is 0.0505 e. The molecule has 0 fully saturated rings. The normalized spacial score (nSPS) is 13.7. The van der Waals surface area contributed by atoms with Gasteiger partial charge in [-0.2, -0.15) is 0 Å². The van der Waals surface area contributed by atoms with Gasteiger partial charge in [0.05, 0.1) is 5.69 Å². The van der Waals surface area contributed by atoms with Crippen LogP contribution in [-0.2, 0) is 6.42 Å². The van der Waals surface area contributed by atoms with Gasteiger partial charge in [0, 0.05) is 11.4 Å². The third-order valence-electron chi connectivity index (χ3n) is 3.78. The Labute approximate surface area is 123 Å². The minimum atomic E-state index is 1.09. The molecule has 2 heteroatoms. The van der Waals surface area contributed by atoms with Crippen LogP contribution in [0.5, 0.6) is 0 Å². The molecule has 0 radical (unpaired) electrons. The fraction of sp³-hybridized carbons (Fsp3) is 0.111. The molecular formula is C18H15NS. The first kappa shape index (κ1) is 11.9. The molecule has 3 aromatic rings. The Kier molecular flexibility index (Phi) is 2.89. The number of para-hydroxylation sites is 1. The molecule has 0 spiro atoms. The van der Waals surface area contributed by atoms with Crippen LogP contribution in [0.2, 0.25) is 0 Å². The average Bonchev–Trinajstić information content (AvgIpc) is 2.91. The Hall–Kier alpha value is -1.93. The number of fused-ring (bicyclic) bond motifs is 2. The molecule has 1 aliphatic rings. The summed E-state index contributed by atoms with van der Waals surface area (Å²) < 4.78 is 2.40. The maximum atomic E-state index is 2.40. The maximum absolute atomic E-state index is 2.40. The summed E-state index contributed by atoms with van der Waals surface area (Å²) in [7, 11) is 0. The largest absolute Gasteiger partial charge is 0.312 e. The van der Waals surface area contributed by atoms with E-state index < -0.39 is 0 Å². The Morgan fingerprint density at radius 1 is 0.800 bits per heavy atom. The van der Waals surface area contributed by atoms with Crippen LogP contribution in [0.15, 0.2) is 71.6 Å². The molecule has 0 saturated heterocycles. The number of hydrogen-bond acceptors (Lipinski definition) is 2. The number of anilines is 1. The molecule has 0 N–H and O–H groups in total. The van der Waals surface area contributed by atoms with Gasteiger partial charge in [-0.3, -0.25) is 0 Å². The first-order valence-corrected chi connectivity index (χ1v) is 7.70. The highest BCUT2D eigenvalue weighted by molar-refractivity contribution is 8.00. The lowest BCUT2D eigenvalue weighted by molar-refractivity contribution is 1.05. The SMILES string of the molecule is c1ccc2c(c1)CCN2Sc1ccc2ccccc2c1. The van der Waals surface area contributed by atoms with Gasteiger partial charge >= 0.3 is 0 Å². The van der Waals surface area contributed by atoms with Crippen molar-refractivity contribution in [1.29, 1.82) is 0 Å². The number of rotatable bonds is 2. The predicted molar refractivity (Wildman–Crippen MR) is 87.3 cm³/mol. The van der Waals surface area contributed by atoms with Gasteiger partial charge in [-0.25, -0.2) is 0 Å². The summed E-state index contributed by atoms with van der Waals surface area (Å²) in [6, 6.07) is 23.9. The van der Waals surface area contributed by atoms with Crippen molar-refractivity contribution in [3.8, 4) is 0 Å². The third kappa shape index (κ3) is 2.06. The molecule has 0 bridgehead atoms. The molecule has 0 aliphatic carbocycles. The van der Waals surface area contributed by atoms with Crippen molar-refractivity contribution >= 4 is 28.4 Å². The van der Waals surface area contributed by atoms with Crippen LogP contribution in [0.3, 0.4) is 0 Å². The minimum Gasteiger partial charge on any atom is -0.312 e. The highest BCUT2D eigenvalue weighted by Crippen LogP contribution is 2.36. The topological polar surface area (TPSA) is 3.24 Å². The van der Waals surface area contributed by atoms with Gasteiger partial charge in [-0.15, -0.1) is 0 Å². The van der Waals surface area contributed by atoms with Crippen LogP contribution in [0.1, 0.15) is 5.56 Å². The van der Waals surface area contributed by atoms with Gasteiger partial charge < -0.3 is 4.31 Å². The van der Waals surface area contributed by atoms with Crippen LogP contribution in [0.25, 0.3) is 10.8 Å². The zero-order valence-corrected chi connectivity index (χ0v) is 11.9. The van der Waals surface area contributed by atoms with Crippen molar-refractivity contribution in [2.45, 2.75) is 11.3 Å². The standard InChI is InChI=1S/C18H15NS/c1-2-7-16-13-17(10-9-14(16)5-1)20-19-12-11-15-6-3-4-8-18(15)19/h1-10,13H,11-12H2. The van der Waals surface area contributed by atoms with Crippen molar-refractivity contribution in [2.24, 2.45) is 0 Å². The molecule has 0 atom stereocenters. The van der Waals surface area contributed by atoms with Gasteiger partial charge in [-0.05, 0) is 52.9 Å². The fourth-order valence-corrected chi connectivity index (χ4v) is 3.78. The van der Waals surface area contributed by atoms with Gasteiger partial charge in [-0.1, -0.05) is 48.5 Å². The Bertz CT molecular complexity index is 766. The number of hydrogen-bond donors (Lipinski definition) is 0. The molecule has 3 aromatic carbocycles. The highest BCUT2D eigenvalue weighted by Gasteiger charge is 2.19. The third-order valence-corrected chi connectivity index (χ3v) is 4.85. The molecular weight excluding hydrogens is 262 g/mol. The monoisotopic (exact) mass is 277 g/mol. The van der Waals surface area contributed by atoms with Crippen molar-refractivity contribution in [1.82, 2.24) is 0 Å². The van der Waals surface area contributed by atoms with E-state index in [-0.39, 0.29) is 0 Å². The molecule has 1 nitrogen and oxygen atoms in total. The van der Waals surface area contributed by atoms with Gasteiger partial charge in [0.2, 0.25) is 0 Å². The molecule has 98 valence electrons. The van der Waals surface area contributed by atoms with Crippen molar-refractivity contribution in [2.75, 3.05) is 10.8 Å².